The van der Waals surface area contributed by atoms with Gasteiger partial charge in [-0.2, -0.15) is 0 Å². The highest BCUT2D eigenvalue weighted by atomic mass is 127. The molecule has 1 unspecified atom stereocenters. The highest BCUT2D eigenvalue weighted by molar-refractivity contribution is 14.1. The maximum atomic E-state index is 12.1. The van der Waals surface area contributed by atoms with Crippen molar-refractivity contribution in [3.8, 4) is 0 Å². The predicted octanol–water partition coefficient (Wildman–Crippen LogP) is 3.47. The van der Waals surface area contributed by atoms with Crippen molar-refractivity contribution in [2.75, 3.05) is 6.61 Å². The molecule has 0 aromatic carbocycles. The number of pyridine rings is 1. The van der Waals surface area contributed by atoms with Crippen LogP contribution in [0.3, 0.4) is 0 Å². The summed E-state index contributed by atoms with van der Waals surface area (Å²) >= 11 is 4.19. The van der Waals surface area contributed by atoms with Crippen molar-refractivity contribution >= 4 is 51.2 Å². The highest BCUT2D eigenvalue weighted by Crippen LogP contribution is 2.43. The zero-order chi connectivity index (χ0) is 15.1. The SMILES string of the molecule is CCOC(=O)c1c(I)nc2c(c1I)C(O)CC(C)(C)C2. The number of nitrogens with zero attached hydrogens (tertiary/aromatic N) is 1. The number of fused-ring (bicyclic) bond motifs is 1. The summed E-state index contributed by atoms with van der Waals surface area (Å²) in [7, 11) is 0. The van der Waals surface area contributed by atoms with E-state index < -0.39 is 6.10 Å². The van der Waals surface area contributed by atoms with Gasteiger partial charge in [0.1, 0.15) is 9.26 Å². The minimum Gasteiger partial charge on any atom is -0.462 e. The van der Waals surface area contributed by atoms with Gasteiger partial charge in [0.25, 0.3) is 0 Å². The van der Waals surface area contributed by atoms with Crippen molar-refractivity contribution in [2.24, 2.45) is 5.41 Å². The maximum absolute atomic E-state index is 12.1. The first-order valence-corrected chi connectivity index (χ1v) is 8.65. The Balaban J connectivity index is 2.56. The molecule has 1 heterocycles. The van der Waals surface area contributed by atoms with E-state index >= 15 is 0 Å². The minimum absolute atomic E-state index is 0.0248. The monoisotopic (exact) mass is 501 g/mol. The number of aliphatic hydroxyl groups excluding tert-OH is 1. The quantitative estimate of drug-likeness (QED) is 0.384. The second-order valence-electron chi connectivity index (χ2n) is 5.73. The molecular weight excluding hydrogens is 484 g/mol. The van der Waals surface area contributed by atoms with Crippen molar-refractivity contribution < 1.29 is 14.6 Å². The number of aromatic nitrogens is 1. The van der Waals surface area contributed by atoms with Crippen LogP contribution in [0.15, 0.2) is 0 Å². The molecule has 0 radical (unpaired) electrons. The van der Waals surface area contributed by atoms with E-state index in [-0.39, 0.29) is 11.4 Å². The fourth-order valence-corrected chi connectivity index (χ4v) is 5.03. The van der Waals surface area contributed by atoms with Gasteiger partial charge in [0.2, 0.25) is 0 Å². The van der Waals surface area contributed by atoms with E-state index in [0.717, 1.165) is 21.2 Å². The molecule has 0 aliphatic heterocycles. The molecule has 1 aliphatic carbocycles. The summed E-state index contributed by atoms with van der Waals surface area (Å²) in [6, 6.07) is 0. The maximum Gasteiger partial charge on any atom is 0.341 e. The van der Waals surface area contributed by atoms with E-state index in [1.807, 2.05) is 0 Å². The van der Waals surface area contributed by atoms with Crippen molar-refractivity contribution in [1.82, 2.24) is 4.98 Å². The molecule has 1 aliphatic rings. The Hall–Kier alpha value is 0.0400. The first kappa shape index (κ1) is 16.4. The lowest BCUT2D eigenvalue weighted by Crippen LogP contribution is -2.29. The van der Waals surface area contributed by atoms with E-state index in [1.165, 1.54) is 0 Å². The van der Waals surface area contributed by atoms with E-state index in [1.54, 1.807) is 6.92 Å². The summed E-state index contributed by atoms with van der Waals surface area (Å²) in [4.78, 5) is 16.6. The molecule has 0 amide bonds. The number of carbonyl (C=O) groups excluding carboxylic acids is 1. The normalized spacial score (nSPS) is 20.4. The number of ether oxygens (including phenoxy) is 1. The lowest BCUT2D eigenvalue weighted by Gasteiger charge is -2.35. The van der Waals surface area contributed by atoms with Crippen LogP contribution in [-0.2, 0) is 11.2 Å². The molecule has 1 atom stereocenters. The number of esters is 1. The number of aliphatic hydroxyl groups is 1. The van der Waals surface area contributed by atoms with Gasteiger partial charge >= 0.3 is 5.97 Å². The van der Waals surface area contributed by atoms with Gasteiger partial charge in [0.05, 0.1) is 12.7 Å². The summed E-state index contributed by atoms with van der Waals surface area (Å²) < 4.78 is 6.51. The molecule has 20 heavy (non-hydrogen) atoms. The van der Waals surface area contributed by atoms with E-state index in [0.29, 0.717) is 22.3 Å². The fraction of sp³-hybridized carbons (Fsp3) is 0.571. The Morgan fingerprint density at radius 3 is 2.75 bits per heavy atom. The number of halogens is 2. The Kier molecular flexibility index (Phi) is 4.95. The van der Waals surface area contributed by atoms with Gasteiger partial charge in [-0.1, -0.05) is 13.8 Å². The summed E-state index contributed by atoms with van der Waals surface area (Å²) in [5.41, 5.74) is 2.20. The van der Waals surface area contributed by atoms with E-state index in [2.05, 4.69) is 64.0 Å². The molecule has 110 valence electrons. The van der Waals surface area contributed by atoms with Gasteiger partial charge in [0.15, 0.2) is 0 Å². The van der Waals surface area contributed by atoms with Gasteiger partial charge in [-0.05, 0) is 70.4 Å². The van der Waals surface area contributed by atoms with Crippen LogP contribution in [0.4, 0.5) is 0 Å². The minimum atomic E-state index is -0.571. The van der Waals surface area contributed by atoms with Crippen LogP contribution < -0.4 is 0 Å². The summed E-state index contributed by atoms with van der Waals surface area (Å²) in [6.07, 6.45) is 0.924. The standard InChI is InChI=1S/C14H17I2NO3/c1-4-20-13(19)10-11(15)9-7(17-12(10)16)5-14(2,3)6-8(9)18/h8,18H,4-6H2,1-3H3. The molecule has 0 spiro atoms. The molecule has 4 nitrogen and oxygen atoms in total. The van der Waals surface area contributed by atoms with Gasteiger partial charge in [-0.15, -0.1) is 0 Å². The molecule has 1 aromatic rings. The zero-order valence-corrected chi connectivity index (χ0v) is 16.0. The topological polar surface area (TPSA) is 59.4 Å². The van der Waals surface area contributed by atoms with Crippen LogP contribution in [0.5, 0.6) is 0 Å². The number of rotatable bonds is 2. The van der Waals surface area contributed by atoms with Crippen LogP contribution in [0.1, 0.15) is 54.9 Å². The molecule has 0 saturated carbocycles. The average molecular weight is 501 g/mol. The first-order chi connectivity index (χ1) is 9.26. The average Bonchev–Trinajstić information content (AvgIpc) is 2.25. The molecule has 6 heteroatoms. The third-order valence-corrected chi connectivity index (χ3v) is 5.31. The van der Waals surface area contributed by atoms with Crippen LogP contribution >= 0.6 is 45.2 Å². The van der Waals surface area contributed by atoms with Crippen LogP contribution in [0.25, 0.3) is 0 Å². The summed E-state index contributed by atoms with van der Waals surface area (Å²) in [5.74, 6) is -0.367. The number of hydrogen-bond donors (Lipinski definition) is 1. The molecular formula is C14H17I2NO3. The van der Waals surface area contributed by atoms with Crippen molar-refractivity contribution in [1.29, 1.82) is 0 Å². The predicted molar refractivity (Wildman–Crippen MR) is 92.7 cm³/mol. The molecule has 0 bridgehead atoms. The third kappa shape index (κ3) is 3.11. The van der Waals surface area contributed by atoms with Crippen LogP contribution in [0, 0.1) is 12.7 Å². The van der Waals surface area contributed by atoms with Crippen molar-refractivity contribution in [3.63, 3.8) is 0 Å². The van der Waals surface area contributed by atoms with Gasteiger partial charge < -0.3 is 9.84 Å². The largest absolute Gasteiger partial charge is 0.462 e. The Bertz CT molecular complexity index is 558. The molecule has 1 aromatic heterocycles. The first-order valence-electron chi connectivity index (χ1n) is 6.49. The van der Waals surface area contributed by atoms with Crippen LogP contribution in [-0.4, -0.2) is 22.7 Å². The van der Waals surface area contributed by atoms with Gasteiger partial charge in [-0.3, -0.25) is 0 Å². The van der Waals surface area contributed by atoms with E-state index in [4.69, 9.17) is 4.74 Å². The Morgan fingerprint density at radius 2 is 2.15 bits per heavy atom. The van der Waals surface area contributed by atoms with Gasteiger partial charge in [-0.25, -0.2) is 9.78 Å². The van der Waals surface area contributed by atoms with Gasteiger partial charge in [0, 0.05) is 14.8 Å². The fourth-order valence-electron chi connectivity index (χ4n) is 2.59. The van der Waals surface area contributed by atoms with E-state index in [9.17, 15) is 9.90 Å². The third-order valence-electron chi connectivity index (χ3n) is 3.41. The highest BCUT2D eigenvalue weighted by Gasteiger charge is 2.36. The van der Waals surface area contributed by atoms with Crippen molar-refractivity contribution in [3.05, 3.63) is 24.1 Å². The lowest BCUT2D eigenvalue weighted by atomic mass is 9.75. The zero-order valence-electron chi connectivity index (χ0n) is 11.7. The second-order valence-corrected chi connectivity index (χ2v) is 7.83. The Morgan fingerprint density at radius 1 is 1.50 bits per heavy atom. The lowest BCUT2D eigenvalue weighted by molar-refractivity contribution is 0.0521. The summed E-state index contributed by atoms with van der Waals surface area (Å²) in [5, 5.41) is 10.4. The second kappa shape index (κ2) is 6.04. The van der Waals surface area contributed by atoms with Crippen LogP contribution in [0.2, 0.25) is 0 Å². The molecule has 0 saturated heterocycles. The molecule has 2 rings (SSSR count). The molecule has 1 N–H and O–H groups in total. The molecule has 0 fully saturated rings. The smallest absolute Gasteiger partial charge is 0.341 e. The summed E-state index contributed by atoms with van der Waals surface area (Å²) in [6.45, 7) is 6.36. The number of hydrogen-bond acceptors (Lipinski definition) is 4. The number of carbonyl (C=O) groups is 1. The Labute approximate surface area is 146 Å². The van der Waals surface area contributed by atoms with Crippen molar-refractivity contribution in [2.45, 2.75) is 39.7 Å².